The normalized spacial score (nSPS) is 12.2. The van der Waals surface area contributed by atoms with E-state index in [9.17, 15) is 19.8 Å². The van der Waals surface area contributed by atoms with Gasteiger partial charge in [0.15, 0.2) is 0 Å². The van der Waals surface area contributed by atoms with Crippen LogP contribution in [-0.2, 0) is 22.4 Å². The van der Waals surface area contributed by atoms with Gasteiger partial charge >= 0.3 is 11.9 Å². The Bertz CT molecular complexity index is 729. The smallest absolute Gasteiger partial charge is 0.309 e. The van der Waals surface area contributed by atoms with E-state index in [0.29, 0.717) is 12.8 Å². The van der Waals surface area contributed by atoms with Gasteiger partial charge in [0.2, 0.25) is 0 Å². The van der Waals surface area contributed by atoms with Crippen LogP contribution in [0.4, 0.5) is 0 Å². The first kappa shape index (κ1) is 25.2. The fourth-order valence-electron chi connectivity index (χ4n) is 3.76. The molecule has 1 aromatic rings. The molecule has 0 saturated carbocycles. The highest BCUT2D eigenvalue weighted by atomic mass is 16.4. The van der Waals surface area contributed by atoms with Gasteiger partial charge < -0.3 is 10.2 Å². The van der Waals surface area contributed by atoms with E-state index in [0.717, 1.165) is 38.5 Å². The van der Waals surface area contributed by atoms with Gasteiger partial charge in [-0.15, -0.1) is 0 Å². The van der Waals surface area contributed by atoms with Crippen molar-refractivity contribution < 1.29 is 19.8 Å². The van der Waals surface area contributed by atoms with Crippen molar-refractivity contribution in [3.05, 3.63) is 33.9 Å². The van der Waals surface area contributed by atoms with Gasteiger partial charge in [0.05, 0.1) is 10.8 Å². The van der Waals surface area contributed by atoms with E-state index < -0.39 is 22.8 Å². The Morgan fingerprint density at radius 3 is 1.66 bits per heavy atom. The largest absolute Gasteiger partial charge is 0.481 e. The highest BCUT2D eigenvalue weighted by molar-refractivity contribution is 5.73. The van der Waals surface area contributed by atoms with Crippen LogP contribution in [-0.4, -0.2) is 22.2 Å². The monoisotopic (exact) mass is 404 g/mol. The second kappa shape index (κ2) is 10.3. The average Bonchev–Trinajstić information content (AvgIpc) is 2.61. The minimum Gasteiger partial charge on any atom is -0.481 e. The number of carboxylic acid groups (broad SMARTS) is 2. The van der Waals surface area contributed by atoms with E-state index in [4.69, 9.17) is 0 Å². The van der Waals surface area contributed by atoms with Gasteiger partial charge in [-0.05, 0) is 115 Å². The summed E-state index contributed by atoms with van der Waals surface area (Å²) in [6.07, 6.45) is 7.08. The maximum atomic E-state index is 11.3. The standard InChI is InChI=1S/C25H40O4/c1-17-16-20(12-8-10-14-24(4,5)22(26)27)21(19(3)18(17)2)13-9-11-15-25(6,7)23(28)29/h16H,8-15H2,1-7H3,(H,26,27)(H,28,29). The molecule has 1 aromatic carbocycles. The SMILES string of the molecule is Cc1cc(CCCCC(C)(C)C(=O)O)c(CCCCC(C)(C)C(=O)O)c(C)c1C. The molecule has 0 amide bonds. The lowest BCUT2D eigenvalue weighted by molar-refractivity contribution is -0.148. The second-order valence-corrected chi connectivity index (χ2v) is 9.87. The van der Waals surface area contributed by atoms with Crippen LogP contribution in [0.2, 0.25) is 0 Å². The van der Waals surface area contributed by atoms with Crippen molar-refractivity contribution in [3.8, 4) is 0 Å². The molecule has 0 radical (unpaired) electrons. The van der Waals surface area contributed by atoms with Crippen molar-refractivity contribution in [2.45, 2.75) is 99.8 Å². The van der Waals surface area contributed by atoms with Crippen molar-refractivity contribution in [1.82, 2.24) is 0 Å². The van der Waals surface area contributed by atoms with Gasteiger partial charge in [-0.2, -0.15) is 0 Å². The van der Waals surface area contributed by atoms with Crippen LogP contribution in [0.15, 0.2) is 6.07 Å². The fourth-order valence-corrected chi connectivity index (χ4v) is 3.76. The Hall–Kier alpha value is -1.84. The molecule has 4 nitrogen and oxygen atoms in total. The third kappa shape index (κ3) is 7.17. The third-order valence-corrected chi connectivity index (χ3v) is 6.52. The molecule has 164 valence electrons. The molecule has 0 spiro atoms. The number of unbranched alkanes of at least 4 members (excludes halogenated alkanes) is 2. The molecule has 0 aliphatic rings. The number of carboxylic acids is 2. The Kier molecular flexibility index (Phi) is 8.92. The molecule has 0 fully saturated rings. The van der Waals surface area contributed by atoms with E-state index in [-0.39, 0.29) is 0 Å². The first-order chi connectivity index (χ1) is 13.3. The van der Waals surface area contributed by atoms with Crippen LogP contribution in [0, 0.1) is 31.6 Å². The third-order valence-electron chi connectivity index (χ3n) is 6.52. The maximum Gasteiger partial charge on any atom is 0.309 e. The molecule has 0 aliphatic heterocycles. The van der Waals surface area contributed by atoms with Gasteiger partial charge in [0, 0.05) is 0 Å². The van der Waals surface area contributed by atoms with Crippen LogP contribution >= 0.6 is 0 Å². The number of rotatable bonds is 12. The molecule has 0 unspecified atom stereocenters. The van der Waals surface area contributed by atoms with E-state index in [1.54, 1.807) is 27.7 Å². The summed E-state index contributed by atoms with van der Waals surface area (Å²) in [5.41, 5.74) is 5.43. The summed E-state index contributed by atoms with van der Waals surface area (Å²) < 4.78 is 0. The van der Waals surface area contributed by atoms with E-state index in [2.05, 4.69) is 26.8 Å². The van der Waals surface area contributed by atoms with Crippen LogP contribution in [0.3, 0.4) is 0 Å². The second-order valence-electron chi connectivity index (χ2n) is 9.87. The molecule has 0 atom stereocenters. The predicted octanol–water partition coefficient (Wildman–Crippen LogP) is 6.26. The van der Waals surface area contributed by atoms with Crippen molar-refractivity contribution in [2.75, 3.05) is 0 Å². The van der Waals surface area contributed by atoms with Crippen LogP contribution < -0.4 is 0 Å². The number of hydrogen-bond acceptors (Lipinski definition) is 2. The van der Waals surface area contributed by atoms with Gasteiger partial charge in [-0.25, -0.2) is 0 Å². The van der Waals surface area contributed by atoms with Crippen LogP contribution in [0.5, 0.6) is 0 Å². The van der Waals surface area contributed by atoms with Crippen LogP contribution in [0.1, 0.15) is 94.0 Å². The molecule has 2 N–H and O–H groups in total. The Balaban J connectivity index is 2.77. The lowest BCUT2D eigenvalue weighted by Gasteiger charge is -2.21. The zero-order valence-corrected chi connectivity index (χ0v) is 19.4. The topological polar surface area (TPSA) is 74.6 Å². The highest BCUT2D eigenvalue weighted by Gasteiger charge is 2.27. The van der Waals surface area contributed by atoms with Gasteiger partial charge in [-0.3, -0.25) is 9.59 Å². The van der Waals surface area contributed by atoms with E-state index in [1.807, 2.05) is 0 Å². The Morgan fingerprint density at radius 2 is 1.21 bits per heavy atom. The number of hydrogen-bond donors (Lipinski definition) is 2. The molecular formula is C25H40O4. The minimum absolute atomic E-state index is 0.668. The first-order valence-electron chi connectivity index (χ1n) is 10.8. The lowest BCUT2D eigenvalue weighted by Crippen LogP contribution is -2.23. The summed E-state index contributed by atoms with van der Waals surface area (Å²) in [5.74, 6) is -1.46. The summed E-state index contributed by atoms with van der Waals surface area (Å²) in [4.78, 5) is 22.6. The Labute approximate surface area is 176 Å². The van der Waals surface area contributed by atoms with Crippen LogP contribution in [0.25, 0.3) is 0 Å². The zero-order chi connectivity index (χ0) is 22.4. The molecule has 0 heterocycles. The quantitative estimate of drug-likeness (QED) is 0.403. The molecule has 4 heteroatoms. The Morgan fingerprint density at radius 1 is 0.759 bits per heavy atom. The summed E-state index contributed by atoms with van der Waals surface area (Å²) in [7, 11) is 0. The number of benzene rings is 1. The summed E-state index contributed by atoms with van der Waals surface area (Å²) in [6.45, 7) is 13.7. The highest BCUT2D eigenvalue weighted by Crippen LogP contribution is 2.29. The summed E-state index contributed by atoms with van der Waals surface area (Å²) in [6, 6.07) is 2.29. The minimum atomic E-state index is -0.732. The summed E-state index contributed by atoms with van der Waals surface area (Å²) in [5, 5.41) is 18.6. The molecular weight excluding hydrogens is 364 g/mol. The average molecular weight is 405 g/mol. The van der Waals surface area contributed by atoms with Gasteiger partial charge in [-0.1, -0.05) is 18.9 Å². The predicted molar refractivity (Wildman–Crippen MR) is 119 cm³/mol. The molecule has 0 aliphatic carbocycles. The first-order valence-corrected chi connectivity index (χ1v) is 10.8. The lowest BCUT2D eigenvalue weighted by atomic mass is 9.84. The fraction of sp³-hybridized carbons (Fsp3) is 0.680. The molecule has 0 aromatic heterocycles. The van der Waals surface area contributed by atoms with Crippen molar-refractivity contribution in [2.24, 2.45) is 10.8 Å². The van der Waals surface area contributed by atoms with Crippen molar-refractivity contribution in [3.63, 3.8) is 0 Å². The van der Waals surface area contributed by atoms with E-state index >= 15 is 0 Å². The number of aliphatic carboxylic acids is 2. The van der Waals surface area contributed by atoms with Gasteiger partial charge in [0.1, 0.15) is 0 Å². The van der Waals surface area contributed by atoms with Crippen molar-refractivity contribution >= 4 is 11.9 Å². The molecule has 29 heavy (non-hydrogen) atoms. The van der Waals surface area contributed by atoms with E-state index in [1.165, 1.54) is 27.8 Å². The van der Waals surface area contributed by atoms with Crippen molar-refractivity contribution in [1.29, 1.82) is 0 Å². The maximum absolute atomic E-state index is 11.3. The number of aryl methyl sites for hydroxylation is 2. The molecule has 0 bridgehead atoms. The van der Waals surface area contributed by atoms with Gasteiger partial charge in [0.25, 0.3) is 0 Å². The molecule has 0 saturated heterocycles. The molecule has 1 rings (SSSR count). The summed E-state index contributed by atoms with van der Waals surface area (Å²) >= 11 is 0. The number of carbonyl (C=O) groups is 2. The zero-order valence-electron chi connectivity index (χ0n) is 19.4.